The summed E-state index contributed by atoms with van der Waals surface area (Å²) >= 11 is 4.93. The maximum absolute atomic E-state index is 11.7. The van der Waals surface area contributed by atoms with Crippen LogP contribution in [0.3, 0.4) is 0 Å². The van der Waals surface area contributed by atoms with Crippen molar-refractivity contribution in [3.05, 3.63) is 24.3 Å². The number of thiocarbonyl (C=S) groups is 1. The number of benzene rings is 1. The molecule has 0 spiro atoms. The molecule has 0 aromatic heterocycles. The third-order valence-corrected chi connectivity index (χ3v) is 3.21. The molecule has 0 bridgehead atoms. The number of ether oxygens (including phenoxy) is 2. The molecular formula is C16H23N3O4S. The maximum atomic E-state index is 11.7. The highest BCUT2D eigenvalue weighted by molar-refractivity contribution is 7.80. The fourth-order valence-electron chi connectivity index (χ4n) is 1.80. The first-order valence-corrected chi connectivity index (χ1v) is 8.12. The minimum Gasteiger partial charge on any atom is -0.493 e. The molecule has 2 amide bonds. The molecule has 7 nitrogen and oxygen atoms in total. The second-order valence-electron chi connectivity index (χ2n) is 4.95. The Hall–Kier alpha value is -2.35. The van der Waals surface area contributed by atoms with Crippen molar-refractivity contribution in [2.24, 2.45) is 0 Å². The van der Waals surface area contributed by atoms with Crippen LogP contribution in [0.4, 0.5) is 0 Å². The van der Waals surface area contributed by atoms with E-state index >= 15 is 0 Å². The highest BCUT2D eigenvalue weighted by atomic mass is 32.1. The number of hydrazine groups is 1. The lowest BCUT2D eigenvalue weighted by Crippen LogP contribution is -2.49. The molecule has 132 valence electrons. The van der Waals surface area contributed by atoms with E-state index in [0.29, 0.717) is 17.9 Å². The zero-order valence-electron chi connectivity index (χ0n) is 13.9. The minimum atomic E-state index is -0.441. The average Bonchev–Trinajstić information content (AvgIpc) is 2.58. The zero-order chi connectivity index (χ0) is 17.8. The number of rotatable bonds is 8. The van der Waals surface area contributed by atoms with Crippen LogP contribution in [0.1, 0.15) is 32.6 Å². The van der Waals surface area contributed by atoms with E-state index in [1.807, 2.05) is 0 Å². The lowest BCUT2D eigenvalue weighted by atomic mass is 10.2. The predicted octanol–water partition coefficient (Wildman–Crippen LogP) is 1.68. The van der Waals surface area contributed by atoms with Crippen LogP contribution in [0.2, 0.25) is 0 Å². The molecule has 0 unspecified atom stereocenters. The van der Waals surface area contributed by atoms with E-state index in [0.717, 1.165) is 19.3 Å². The highest BCUT2D eigenvalue weighted by Gasteiger charge is 2.08. The third kappa shape index (κ3) is 7.77. The van der Waals surface area contributed by atoms with Gasteiger partial charge in [0.05, 0.1) is 7.11 Å². The molecule has 1 rings (SSSR count). The summed E-state index contributed by atoms with van der Waals surface area (Å²) < 4.78 is 10.5. The Bertz CT molecular complexity index is 566. The van der Waals surface area contributed by atoms with Crippen molar-refractivity contribution in [2.75, 3.05) is 13.7 Å². The summed E-state index contributed by atoms with van der Waals surface area (Å²) in [5.74, 6) is 0.374. The fraction of sp³-hybridized carbons (Fsp3) is 0.438. The molecule has 0 aliphatic rings. The van der Waals surface area contributed by atoms with Gasteiger partial charge in [0.1, 0.15) is 0 Å². The number of amides is 2. The molecule has 1 aromatic carbocycles. The standard InChI is InChI=1S/C16H23N3O4S/c1-3-4-5-10-14(20)17-16(24)19-18-15(21)11-23-13-9-7-6-8-12(13)22-2/h6-9H,3-5,10-11H2,1-2H3,(H,18,21)(H2,17,19,20,24). The molecule has 0 saturated heterocycles. The molecule has 24 heavy (non-hydrogen) atoms. The Morgan fingerprint density at radius 2 is 1.79 bits per heavy atom. The van der Waals surface area contributed by atoms with Crippen LogP contribution in [0.25, 0.3) is 0 Å². The van der Waals surface area contributed by atoms with Gasteiger partial charge in [0.25, 0.3) is 5.91 Å². The Balaban J connectivity index is 2.25. The topological polar surface area (TPSA) is 88.7 Å². The van der Waals surface area contributed by atoms with Crippen LogP contribution in [-0.4, -0.2) is 30.6 Å². The van der Waals surface area contributed by atoms with Crippen LogP contribution in [0, 0.1) is 0 Å². The van der Waals surface area contributed by atoms with Crippen LogP contribution in [-0.2, 0) is 9.59 Å². The second-order valence-corrected chi connectivity index (χ2v) is 5.36. The third-order valence-electron chi connectivity index (χ3n) is 3.00. The number of hydrogen-bond acceptors (Lipinski definition) is 5. The van der Waals surface area contributed by atoms with Crippen LogP contribution in [0.5, 0.6) is 11.5 Å². The van der Waals surface area contributed by atoms with Gasteiger partial charge in [-0.25, -0.2) is 0 Å². The Labute approximate surface area is 147 Å². The average molecular weight is 353 g/mol. The van der Waals surface area contributed by atoms with Crippen molar-refractivity contribution in [3.63, 3.8) is 0 Å². The number of hydrogen-bond donors (Lipinski definition) is 3. The van der Waals surface area contributed by atoms with Gasteiger partial charge in [-0.05, 0) is 30.8 Å². The predicted molar refractivity (Wildman–Crippen MR) is 94.7 cm³/mol. The van der Waals surface area contributed by atoms with Gasteiger partial charge in [0, 0.05) is 6.42 Å². The van der Waals surface area contributed by atoms with Crippen LogP contribution < -0.4 is 25.6 Å². The summed E-state index contributed by atoms with van der Waals surface area (Å²) in [6, 6.07) is 7.00. The van der Waals surface area contributed by atoms with Gasteiger partial charge in [-0.3, -0.25) is 20.4 Å². The molecule has 3 N–H and O–H groups in total. The Morgan fingerprint density at radius 1 is 1.08 bits per heavy atom. The minimum absolute atomic E-state index is 0.0436. The van der Waals surface area contributed by atoms with Crippen LogP contribution >= 0.6 is 12.2 Å². The Morgan fingerprint density at radius 3 is 2.46 bits per heavy atom. The quantitative estimate of drug-likeness (QED) is 0.374. The molecule has 0 fully saturated rings. The Kier molecular flexibility index (Phi) is 9.21. The normalized spacial score (nSPS) is 9.75. The summed E-state index contributed by atoms with van der Waals surface area (Å²) in [6.45, 7) is 1.84. The molecule has 8 heteroatoms. The van der Waals surface area contributed by atoms with Crippen LogP contribution in [0.15, 0.2) is 24.3 Å². The lowest BCUT2D eigenvalue weighted by Gasteiger charge is -2.12. The lowest BCUT2D eigenvalue weighted by molar-refractivity contribution is -0.124. The first-order valence-electron chi connectivity index (χ1n) is 7.71. The monoisotopic (exact) mass is 353 g/mol. The van der Waals surface area contributed by atoms with Crippen molar-refractivity contribution < 1.29 is 19.1 Å². The van der Waals surface area contributed by atoms with Crippen molar-refractivity contribution in [2.45, 2.75) is 32.6 Å². The van der Waals surface area contributed by atoms with Gasteiger partial charge in [-0.15, -0.1) is 0 Å². The van der Waals surface area contributed by atoms with Gasteiger partial charge in [-0.2, -0.15) is 0 Å². The van der Waals surface area contributed by atoms with E-state index in [2.05, 4.69) is 23.1 Å². The molecule has 0 aliphatic carbocycles. The van der Waals surface area contributed by atoms with E-state index in [1.165, 1.54) is 7.11 Å². The number of carbonyl (C=O) groups is 2. The molecule has 0 saturated carbocycles. The number of unbranched alkanes of at least 4 members (excludes halogenated alkanes) is 2. The van der Waals surface area contributed by atoms with Crippen molar-refractivity contribution in [3.8, 4) is 11.5 Å². The van der Waals surface area contributed by atoms with E-state index in [-0.39, 0.29) is 17.6 Å². The smallest absolute Gasteiger partial charge is 0.276 e. The molecule has 0 atom stereocenters. The second kappa shape index (κ2) is 11.2. The van der Waals surface area contributed by atoms with Gasteiger partial charge < -0.3 is 14.8 Å². The zero-order valence-corrected chi connectivity index (χ0v) is 14.7. The largest absolute Gasteiger partial charge is 0.493 e. The first-order chi connectivity index (χ1) is 11.6. The molecule has 1 aromatic rings. The van der Waals surface area contributed by atoms with Crippen molar-refractivity contribution in [1.82, 2.24) is 16.2 Å². The van der Waals surface area contributed by atoms with E-state index in [4.69, 9.17) is 21.7 Å². The maximum Gasteiger partial charge on any atom is 0.276 e. The van der Waals surface area contributed by atoms with Crippen molar-refractivity contribution >= 4 is 29.1 Å². The number of carbonyl (C=O) groups excluding carboxylic acids is 2. The van der Waals surface area contributed by atoms with Gasteiger partial charge in [0.15, 0.2) is 23.2 Å². The summed E-state index contributed by atoms with van der Waals surface area (Å²) in [6.07, 6.45) is 3.24. The van der Waals surface area contributed by atoms with Crippen molar-refractivity contribution in [1.29, 1.82) is 0 Å². The summed E-state index contributed by atoms with van der Waals surface area (Å²) in [4.78, 5) is 23.3. The van der Waals surface area contributed by atoms with Gasteiger partial charge >= 0.3 is 0 Å². The number of methoxy groups -OCH3 is 1. The molecule has 0 aliphatic heterocycles. The molecule has 0 heterocycles. The molecular weight excluding hydrogens is 330 g/mol. The fourth-order valence-corrected chi connectivity index (χ4v) is 1.96. The summed E-state index contributed by atoms with van der Waals surface area (Å²) in [5.41, 5.74) is 4.81. The van der Waals surface area contributed by atoms with E-state index < -0.39 is 5.91 Å². The number of nitrogens with one attached hydrogen (secondary N) is 3. The van der Waals surface area contributed by atoms with E-state index in [9.17, 15) is 9.59 Å². The summed E-state index contributed by atoms with van der Waals surface area (Å²) in [5, 5.41) is 2.54. The van der Waals surface area contributed by atoms with E-state index in [1.54, 1.807) is 24.3 Å². The van der Waals surface area contributed by atoms with Gasteiger partial charge in [-0.1, -0.05) is 31.9 Å². The molecule has 0 radical (unpaired) electrons. The first kappa shape index (κ1) is 19.7. The van der Waals surface area contributed by atoms with Gasteiger partial charge in [0.2, 0.25) is 5.91 Å². The SMILES string of the molecule is CCCCCC(=O)NC(=S)NNC(=O)COc1ccccc1OC. The summed E-state index contributed by atoms with van der Waals surface area (Å²) in [7, 11) is 1.52. The highest BCUT2D eigenvalue weighted by Crippen LogP contribution is 2.25. The number of para-hydroxylation sites is 2.